The smallest absolute Gasteiger partial charge is 0.228 e. The number of nitrogens with one attached hydrogen (secondary N) is 1. The van der Waals surface area contributed by atoms with Crippen molar-refractivity contribution in [2.75, 3.05) is 19.0 Å². The topological polar surface area (TPSA) is 47.6 Å². The first kappa shape index (κ1) is 15.9. The molecule has 0 saturated heterocycles. The number of methoxy groups -OCH3 is 1. The van der Waals surface area contributed by atoms with E-state index in [1.165, 1.54) is 0 Å². The highest BCUT2D eigenvalue weighted by Gasteiger charge is 2.05. The second-order valence-corrected chi connectivity index (χ2v) is 4.95. The molecule has 1 amide bonds. The second kappa shape index (κ2) is 8.08. The fourth-order valence-electron chi connectivity index (χ4n) is 2.02. The molecular weight excluding hydrogens is 278 g/mol. The Balaban J connectivity index is 1.93. The Labute approximate surface area is 131 Å². The molecule has 0 radical (unpaired) electrons. The molecule has 0 saturated carbocycles. The van der Waals surface area contributed by atoms with Crippen LogP contribution >= 0.6 is 0 Å². The number of anilines is 1. The number of carbonyl (C=O) groups is 1. The summed E-state index contributed by atoms with van der Waals surface area (Å²) in [7, 11) is 1.62. The van der Waals surface area contributed by atoms with Crippen molar-refractivity contribution in [1.82, 2.24) is 0 Å². The minimum Gasteiger partial charge on any atom is -0.497 e. The third-order valence-electron chi connectivity index (χ3n) is 3.11. The zero-order valence-corrected chi connectivity index (χ0v) is 13.0. The maximum absolute atomic E-state index is 12.1. The van der Waals surface area contributed by atoms with Crippen LogP contribution < -0.4 is 14.8 Å². The van der Waals surface area contributed by atoms with Crippen LogP contribution in [0.1, 0.15) is 18.9 Å². The molecule has 2 aromatic rings. The van der Waals surface area contributed by atoms with Crippen LogP contribution in [-0.2, 0) is 11.2 Å². The van der Waals surface area contributed by atoms with Crippen molar-refractivity contribution >= 4 is 11.6 Å². The van der Waals surface area contributed by atoms with Crippen LogP contribution in [-0.4, -0.2) is 19.6 Å². The SMILES string of the molecule is CCCOc1cccc(NC(=O)Cc2ccc(OC)cc2)c1. The van der Waals surface area contributed by atoms with Gasteiger partial charge in [-0.05, 0) is 36.2 Å². The molecule has 0 aliphatic carbocycles. The Morgan fingerprint density at radius 3 is 2.55 bits per heavy atom. The molecule has 0 atom stereocenters. The van der Waals surface area contributed by atoms with Crippen LogP contribution in [0.15, 0.2) is 48.5 Å². The van der Waals surface area contributed by atoms with Crippen molar-refractivity contribution in [2.24, 2.45) is 0 Å². The van der Waals surface area contributed by atoms with Gasteiger partial charge in [0.15, 0.2) is 0 Å². The number of benzene rings is 2. The molecule has 0 heterocycles. The lowest BCUT2D eigenvalue weighted by Gasteiger charge is -2.09. The Morgan fingerprint density at radius 1 is 1.09 bits per heavy atom. The van der Waals surface area contributed by atoms with Gasteiger partial charge in [0, 0.05) is 11.8 Å². The molecule has 2 aromatic carbocycles. The van der Waals surface area contributed by atoms with Gasteiger partial charge in [-0.2, -0.15) is 0 Å². The van der Waals surface area contributed by atoms with E-state index >= 15 is 0 Å². The summed E-state index contributed by atoms with van der Waals surface area (Å²) in [5, 5.41) is 2.89. The van der Waals surface area contributed by atoms with Gasteiger partial charge in [0.1, 0.15) is 11.5 Å². The Kier molecular flexibility index (Phi) is 5.83. The Hall–Kier alpha value is -2.49. The molecule has 0 aliphatic heterocycles. The van der Waals surface area contributed by atoms with Crippen LogP contribution in [0.25, 0.3) is 0 Å². The van der Waals surface area contributed by atoms with Gasteiger partial charge >= 0.3 is 0 Å². The van der Waals surface area contributed by atoms with Crippen molar-refractivity contribution in [3.05, 3.63) is 54.1 Å². The molecular formula is C18H21NO3. The lowest BCUT2D eigenvalue weighted by Crippen LogP contribution is -2.14. The van der Waals surface area contributed by atoms with Gasteiger partial charge < -0.3 is 14.8 Å². The summed E-state index contributed by atoms with van der Waals surface area (Å²) in [5.41, 5.74) is 1.68. The Morgan fingerprint density at radius 2 is 1.86 bits per heavy atom. The predicted molar refractivity (Wildman–Crippen MR) is 87.6 cm³/mol. The normalized spacial score (nSPS) is 10.1. The maximum atomic E-state index is 12.1. The zero-order valence-electron chi connectivity index (χ0n) is 13.0. The number of hydrogen-bond donors (Lipinski definition) is 1. The quantitative estimate of drug-likeness (QED) is 0.848. The van der Waals surface area contributed by atoms with Gasteiger partial charge in [0.25, 0.3) is 0 Å². The second-order valence-electron chi connectivity index (χ2n) is 4.95. The van der Waals surface area contributed by atoms with Crippen LogP contribution in [0, 0.1) is 0 Å². The van der Waals surface area contributed by atoms with E-state index in [0.717, 1.165) is 29.2 Å². The third kappa shape index (κ3) is 4.81. The van der Waals surface area contributed by atoms with Crippen molar-refractivity contribution in [1.29, 1.82) is 0 Å². The molecule has 116 valence electrons. The lowest BCUT2D eigenvalue weighted by molar-refractivity contribution is -0.115. The minimum atomic E-state index is -0.0576. The van der Waals surface area contributed by atoms with E-state index < -0.39 is 0 Å². The van der Waals surface area contributed by atoms with Gasteiger partial charge in [0.05, 0.1) is 20.1 Å². The largest absolute Gasteiger partial charge is 0.497 e. The molecule has 1 N–H and O–H groups in total. The summed E-state index contributed by atoms with van der Waals surface area (Å²) in [6.07, 6.45) is 1.28. The standard InChI is InChI=1S/C18H21NO3/c1-3-11-22-17-6-4-5-15(13-17)19-18(20)12-14-7-9-16(21-2)10-8-14/h4-10,13H,3,11-12H2,1-2H3,(H,19,20). The molecule has 4 nitrogen and oxygen atoms in total. The molecule has 0 bridgehead atoms. The first-order chi connectivity index (χ1) is 10.7. The maximum Gasteiger partial charge on any atom is 0.228 e. The highest BCUT2D eigenvalue weighted by atomic mass is 16.5. The summed E-state index contributed by atoms with van der Waals surface area (Å²) >= 11 is 0. The van der Waals surface area contributed by atoms with Crippen LogP contribution in [0.2, 0.25) is 0 Å². The van der Waals surface area contributed by atoms with Gasteiger partial charge in [0.2, 0.25) is 5.91 Å². The number of ether oxygens (including phenoxy) is 2. The van der Waals surface area contributed by atoms with E-state index in [4.69, 9.17) is 9.47 Å². The summed E-state index contributed by atoms with van der Waals surface area (Å²) in [4.78, 5) is 12.1. The molecule has 0 aromatic heterocycles. The molecule has 2 rings (SSSR count). The molecule has 0 spiro atoms. The molecule has 0 fully saturated rings. The predicted octanol–water partition coefficient (Wildman–Crippen LogP) is 3.67. The van der Waals surface area contributed by atoms with Gasteiger partial charge in [-0.25, -0.2) is 0 Å². The average Bonchev–Trinajstić information content (AvgIpc) is 2.54. The summed E-state index contributed by atoms with van der Waals surface area (Å²) in [6.45, 7) is 2.73. The van der Waals surface area contributed by atoms with Gasteiger partial charge in [-0.15, -0.1) is 0 Å². The van der Waals surface area contributed by atoms with E-state index in [1.807, 2.05) is 48.5 Å². The van der Waals surface area contributed by atoms with Crippen molar-refractivity contribution < 1.29 is 14.3 Å². The monoisotopic (exact) mass is 299 g/mol. The Bertz CT molecular complexity index is 608. The van der Waals surface area contributed by atoms with E-state index in [1.54, 1.807) is 7.11 Å². The van der Waals surface area contributed by atoms with Gasteiger partial charge in [-0.3, -0.25) is 4.79 Å². The number of hydrogen-bond acceptors (Lipinski definition) is 3. The molecule has 0 aliphatic rings. The summed E-state index contributed by atoms with van der Waals surface area (Å²) < 4.78 is 10.7. The van der Waals surface area contributed by atoms with Crippen molar-refractivity contribution in [3.63, 3.8) is 0 Å². The first-order valence-electron chi connectivity index (χ1n) is 7.37. The van der Waals surface area contributed by atoms with Gasteiger partial charge in [-0.1, -0.05) is 25.1 Å². The number of carbonyl (C=O) groups excluding carboxylic acids is 1. The molecule has 22 heavy (non-hydrogen) atoms. The van der Waals surface area contributed by atoms with E-state index in [0.29, 0.717) is 13.0 Å². The lowest BCUT2D eigenvalue weighted by atomic mass is 10.1. The third-order valence-corrected chi connectivity index (χ3v) is 3.11. The fraction of sp³-hybridized carbons (Fsp3) is 0.278. The van der Waals surface area contributed by atoms with E-state index in [-0.39, 0.29) is 5.91 Å². The van der Waals surface area contributed by atoms with Crippen molar-refractivity contribution in [2.45, 2.75) is 19.8 Å². The highest BCUT2D eigenvalue weighted by molar-refractivity contribution is 5.92. The fourth-order valence-corrected chi connectivity index (χ4v) is 2.02. The number of rotatable bonds is 7. The highest BCUT2D eigenvalue weighted by Crippen LogP contribution is 2.18. The zero-order chi connectivity index (χ0) is 15.8. The van der Waals surface area contributed by atoms with E-state index in [9.17, 15) is 4.79 Å². The molecule has 0 unspecified atom stereocenters. The first-order valence-corrected chi connectivity index (χ1v) is 7.37. The molecule has 4 heteroatoms. The van der Waals surface area contributed by atoms with Crippen LogP contribution in [0.4, 0.5) is 5.69 Å². The average molecular weight is 299 g/mol. The summed E-state index contributed by atoms with van der Waals surface area (Å²) in [6, 6.07) is 14.9. The van der Waals surface area contributed by atoms with Crippen LogP contribution in [0.5, 0.6) is 11.5 Å². The summed E-state index contributed by atoms with van der Waals surface area (Å²) in [5.74, 6) is 1.49. The van der Waals surface area contributed by atoms with E-state index in [2.05, 4.69) is 12.2 Å². The minimum absolute atomic E-state index is 0.0576. The van der Waals surface area contributed by atoms with Crippen molar-refractivity contribution in [3.8, 4) is 11.5 Å². The van der Waals surface area contributed by atoms with Crippen LogP contribution in [0.3, 0.4) is 0 Å². The number of amides is 1.